The third kappa shape index (κ3) is 7.73. The standard InChI is InChI=1S/C26H25Br2N5O7/c1-4-38-25(35)22-14(2)31-26(36)32-23(22)16-5-6-19(20(11-16)37-3)40-13-21(34)33-30-12-15-9-17(27)24(18(28)10-15)39-8-7-29/h5-6,9-12,23H,4,8,13H2,1-3H3,(H,33,34)(H2,31,32,36)/b30-12-/t23-/m0/s1. The van der Waals surface area contributed by atoms with Crippen LogP contribution < -0.4 is 30.3 Å². The number of benzene rings is 2. The molecule has 0 unspecified atom stereocenters. The zero-order chi connectivity index (χ0) is 29.2. The number of hydrazone groups is 1. The molecule has 14 heteroatoms. The Morgan fingerprint density at radius 2 is 1.90 bits per heavy atom. The second-order valence-electron chi connectivity index (χ2n) is 8.04. The van der Waals surface area contributed by atoms with Crippen LogP contribution in [-0.4, -0.2) is 51.1 Å². The van der Waals surface area contributed by atoms with Gasteiger partial charge in [0.2, 0.25) is 0 Å². The summed E-state index contributed by atoms with van der Waals surface area (Å²) in [5, 5.41) is 17.9. The lowest BCUT2D eigenvalue weighted by atomic mass is 9.95. The van der Waals surface area contributed by atoms with Gasteiger partial charge < -0.3 is 29.6 Å². The Hall–Kier alpha value is -4.09. The van der Waals surface area contributed by atoms with Crippen molar-refractivity contribution in [3.8, 4) is 23.3 Å². The number of nitriles is 1. The zero-order valence-electron chi connectivity index (χ0n) is 21.7. The van der Waals surface area contributed by atoms with Crippen molar-refractivity contribution in [3.05, 3.63) is 61.7 Å². The lowest BCUT2D eigenvalue weighted by Crippen LogP contribution is -2.45. The summed E-state index contributed by atoms with van der Waals surface area (Å²) in [6, 6.07) is 8.91. The van der Waals surface area contributed by atoms with E-state index in [-0.39, 0.29) is 36.9 Å². The van der Waals surface area contributed by atoms with Crippen LogP contribution in [0.25, 0.3) is 0 Å². The fourth-order valence-electron chi connectivity index (χ4n) is 3.66. The predicted octanol–water partition coefficient (Wildman–Crippen LogP) is 3.84. The van der Waals surface area contributed by atoms with E-state index >= 15 is 0 Å². The van der Waals surface area contributed by atoms with E-state index in [4.69, 9.17) is 24.2 Å². The number of nitrogens with one attached hydrogen (secondary N) is 3. The number of ether oxygens (including phenoxy) is 4. The summed E-state index contributed by atoms with van der Waals surface area (Å²) < 4.78 is 22.7. The summed E-state index contributed by atoms with van der Waals surface area (Å²) in [6.45, 7) is 3.02. The summed E-state index contributed by atoms with van der Waals surface area (Å²) in [6.07, 6.45) is 1.43. The van der Waals surface area contributed by atoms with Crippen LogP contribution in [0.4, 0.5) is 4.79 Å². The van der Waals surface area contributed by atoms with Crippen molar-refractivity contribution >= 4 is 56.0 Å². The van der Waals surface area contributed by atoms with Gasteiger partial charge in [0.15, 0.2) is 24.7 Å². The fraction of sp³-hybridized carbons (Fsp3) is 0.269. The van der Waals surface area contributed by atoms with Gasteiger partial charge in [-0.05, 0) is 81.1 Å². The first-order valence-corrected chi connectivity index (χ1v) is 13.3. The van der Waals surface area contributed by atoms with Crippen LogP contribution in [-0.2, 0) is 14.3 Å². The number of halogens is 2. The number of methoxy groups -OCH3 is 1. The highest BCUT2D eigenvalue weighted by atomic mass is 79.9. The average Bonchev–Trinajstić information content (AvgIpc) is 2.91. The number of amides is 3. The van der Waals surface area contributed by atoms with Crippen LogP contribution in [0.15, 0.2) is 55.6 Å². The minimum absolute atomic E-state index is 0.103. The zero-order valence-corrected chi connectivity index (χ0v) is 24.8. The second kappa shape index (κ2) is 14.3. The Labute approximate surface area is 246 Å². The molecule has 0 fully saturated rings. The van der Waals surface area contributed by atoms with Crippen molar-refractivity contribution < 1.29 is 33.3 Å². The van der Waals surface area contributed by atoms with Gasteiger partial charge in [0, 0.05) is 5.70 Å². The minimum atomic E-state index is -0.777. The van der Waals surface area contributed by atoms with Crippen molar-refractivity contribution in [1.29, 1.82) is 5.26 Å². The van der Waals surface area contributed by atoms with Crippen molar-refractivity contribution in [2.45, 2.75) is 19.9 Å². The van der Waals surface area contributed by atoms with Gasteiger partial charge in [-0.2, -0.15) is 10.4 Å². The molecule has 1 aliphatic rings. The number of allylic oxidation sites excluding steroid dienone is 1. The Morgan fingerprint density at radius 3 is 2.55 bits per heavy atom. The van der Waals surface area contributed by atoms with Crippen molar-refractivity contribution in [2.24, 2.45) is 5.10 Å². The van der Waals surface area contributed by atoms with E-state index in [0.29, 0.717) is 31.5 Å². The van der Waals surface area contributed by atoms with Crippen LogP contribution in [0, 0.1) is 11.3 Å². The van der Waals surface area contributed by atoms with Gasteiger partial charge in [0.25, 0.3) is 5.91 Å². The number of esters is 1. The molecule has 0 spiro atoms. The first-order chi connectivity index (χ1) is 19.2. The number of carbonyl (C=O) groups is 3. The average molecular weight is 679 g/mol. The molecule has 2 aromatic carbocycles. The molecule has 3 rings (SSSR count). The smallest absolute Gasteiger partial charge is 0.338 e. The Morgan fingerprint density at radius 1 is 1.18 bits per heavy atom. The van der Waals surface area contributed by atoms with E-state index in [1.807, 2.05) is 6.07 Å². The quantitative estimate of drug-likeness (QED) is 0.184. The van der Waals surface area contributed by atoms with Crippen molar-refractivity contribution in [2.75, 3.05) is 26.9 Å². The number of carbonyl (C=O) groups excluding carboxylic acids is 3. The number of nitrogens with zero attached hydrogens (tertiary/aromatic N) is 2. The minimum Gasteiger partial charge on any atom is -0.493 e. The van der Waals surface area contributed by atoms with Crippen LogP contribution in [0.5, 0.6) is 17.2 Å². The first-order valence-electron chi connectivity index (χ1n) is 11.7. The van der Waals surface area contributed by atoms with Crippen LogP contribution in [0.1, 0.15) is 31.0 Å². The summed E-state index contributed by atoms with van der Waals surface area (Å²) in [5.41, 5.74) is 4.22. The Kier molecular flexibility index (Phi) is 10.9. The maximum absolute atomic E-state index is 12.6. The molecule has 0 saturated heterocycles. The van der Waals surface area contributed by atoms with E-state index in [2.05, 4.69) is 53.0 Å². The monoisotopic (exact) mass is 677 g/mol. The SMILES string of the molecule is CCOC(=O)C1=C(C)NC(=O)N[C@H]1c1ccc(OCC(=O)N/N=C\c2cc(Br)c(OCC#N)c(Br)c2)c(OC)c1. The molecule has 0 aromatic heterocycles. The van der Waals surface area contributed by atoms with Gasteiger partial charge >= 0.3 is 12.0 Å². The van der Waals surface area contributed by atoms with Crippen LogP contribution in [0.3, 0.4) is 0 Å². The molecule has 12 nitrogen and oxygen atoms in total. The highest BCUT2D eigenvalue weighted by Crippen LogP contribution is 2.35. The van der Waals surface area contributed by atoms with Gasteiger partial charge in [-0.15, -0.1) is 0 Å². The van der Waals surface area contributed by atoms with Gasteiger partial charge in [-0.25, -0.2) is 15.0 Å². The van der Waals surface area contributed by atoms with Gasteiger partial charge in [0.1, 0.15) is 11.8 Å². The third-order valence-electron chi connectivity index (χ3n) is 5.35. The molecular formula is C26H25Br2N5O7. The molecule has 1 aliphatic heterocycles. The van der Waals surface area contributed by atoms with Crippen LogP contribution in [0.2, 0.25) is 0 Å². The fourth-order valence-corrected chi connectivity index (χ4v) is 5.11. The van der Waals surface area contributed by atoms with Gasteiger partial charge in [-0.3, -0.25) is 4.79 Å². The molecule has 0 bridgehead atoms. The second-order valence-corrected chi connectivity index (χ2v) is 9.75. The van der Waals surface area contributed by atoms with E-state index in [0.717, 1.165) is 0 Å². The van der Waals surface area contributed by atoms with E-state index in [1.165, 1.54) is 13.3 Å². The number of rotatable bonds is 11. The molecule has 1 heterocycles. The molecule has 0 radical (unpaired) electrons. The van der Waals surface area contributed by atoms with Crippen molar-refractivity contribution in [3.63, 3.8) is 0 Å². The van der Waals surface area contributed by atoms with Gasteiger partial charge in [0.05, 0.1) is 40.5 Å². The Balaban J connectivity index is 1.66. The maximum Gasteiger partial charge on any atom is 0.338 e. The molecule has 210 valence electrons. The molecular weight excluding hydrogens is 654 g/mol. The highest BCUT2D eigenvalue weighted by molar-refractivity contribution is 9.11. The molecule has 0 aliphatic carbocycles. The number of hydrogen-bond donors (Lipinski definition) is 3. The first kappa shape index (κ1) is 30.5. The molecule has 0 saturated carbocycles. The topological polar surface area (TPSA) is 160 Å². The normalized spacial score (nSPS) is 14.6. The summed E-state index contributed by atoms with van der Waals surface area (Å²) >= 11 is 6.74. The predicted molar refractivity (Wildman–Crippen MR) is 151 cm³/mol. The molecule has 2 aromatic rings. The van der Waals surface area contributed by atoms with Crippen molar-refractivity contribution in [1.82, 2.24) is 16.1 Å². The highest BCUT2D eigenvalue weighted by Gasteiger charge is 2.32. The summed E-state index contributed by atoms with van der Waals surface area (Å²) in [4.78, 5) is 37.0. The number of hydrogen-bond acceptors (Lipinski definition) is 9. The third-order valence-corrected chi connectivity index (χ3v) is 6.53. The van der Waals surface area contributed by atoms with E-state index in [1.54, 1.807) is 44.2 Å². The van der Waals surface area contributed by atoms with E-state index in [9.17, 15) is 14.4 Å². The molecule has 40 heavy (non-hydrogen) atoms. The lowest BCUT2D eigenvalue weighted by Gasteiger charge is -2.28. The lowest BCUT2D eigenvalue weighted by molar-refractivity contribution is -0.139. The molecule has 3 N–H and O–H groups in total. The summed E-state index contributed by atoms with van der Waals surface area (Å²) in [5.74, 6) is -0.0529. The van der Waals surface area contributed by atoms with E-state index < -0.39 is 23.9 Å². The van der Waals surface area contributed by atoms with Crippen LogP contribution >= 0.6 is 31.9 Å². The molecule has 3 amide bonds. The van der Waals surface area contributed by atoms with Gasteiger partial charge in [-0.1, -0.05) is 6.07 Å². The Bertz CT molecular complexity index is 1380. The summed E-state index contributed by atoms with van der Waals surface area (Å²) in [7, 11) is 1.43. The maximum atomic E-state index is 12.6. The molecule has 1 atom stereocenters. The number of urea groups is 1. The largest absolute Gasteiger partial charge is 0.493 e.